The van der Waals surface area contributed by atoms with Gasteiger partial charge in [-0.1, -0.05) is 97.1 Å². The van der Waals surface area contributed by atoms with Gasteiger partial charge in [0.2, 0.25) is 0 Å². The molecule has 5 rings (SSSR count). The lowest BCUT2D eigenvalue weighted by molar-refractivity contribution is -0.117. The number of Topliss-reactive ketones (excluding diaryl/α,β-unsaturated/α-hetero) is 1. The van der Waals surface area contributed by atoms with Gasteiger partial charge in [0.1, 0.15) is 0 Å². The molecular formula is C30H26N2O. The fourth-order valence-electron chi connectivity index (χ4n) is 4.93. The van der Waals surface area contributed by atoms with Gasteiger partial charge in [-0.15, -0.1) is 0 Å². The highest BCUT2D eigenvalue weighted by molar-refractivity contribution is 6.00. The van der Waals surface area contributed by atoms with E-state index in [-0.39, 0.29) is 5.78 Å². The number of pyridine rings is 1. The smallest absolute Gasteiger partial charge is 0.161 e. The molecule has 0 aliphatic carbocycles. The average Bonchev–Trinajstić information content (AvgIpc) is 2.89. The Balaban J connectivity index is 1.71. The Labute approximate surface area is 195 Å². The summed E-state index contributed by atoms with van der Waals surface area (Å²) in [7, 11) is 0. The maximum absolute atomic E-state index is 13.0. The lowest BCUT2D eigenvalue weighted by atomic mass is 9.74. The summed E-state index contributed by atoms with van der Waals surface area (Å²) in [4.78, 5) is 19.6. The summed E-state index contributed by atoms with van der Waals surface area (Å²) in [5.41, 5.74) is 4.83. The highest BCUT2D eigenvalue weighted by Crippen LogP contribution is 2.43. The molecule has 3 nitrogen and oxygen atoms in total. The number of hydrogen-bond acceptors (Lipinski definition) is 3. The van der Waals surface area contributed by atoms with Crippen LogP contribution in [0.5, 0.6) is 0 Å². The van der Waals surface area contributed by atoms with E-state index in [2.05, 4.69) is 101 Å². The predicted molar refractivity (Wildman–Crippen MR) is 133 cm³/mol. The summed E-state index contributed by atoms with van der Waals surface area (Å²) in [6.45, 7) is 1.24. The molecule has 0 radical (unpaired) electrons. The van der Waals surface area contributed by atoms with Gasteiger partial charge in [0.05, 0.1) is 5.54 Å². The normalized spacial score (nSPS) is 16.1. The molecule has 1 aliphatic heterocycles. The number of piperidine rings is 1. The van der Waals surface area contributed by atoms with E-state index >= 15 is 0 Å². The highest BCUT2D eigenvalue weighted by atomic mass is 16.1. The third-order valence-electron chi connectivity index (χ3n) is 6.40. The summed E-state index contributed by atoms with van der Waals surface area (Å²) in [6, 6.07) is 35.8. The van der Waals surface area contributed by atoms with Crippen LogP contribution in [-0.4, -0.2) is 28.8 Å². The summed E-state index contributed by atoms with van der Waals surface area (Å²) < 4.78 is 0. The predicted octanol–water partition coefficient (Wildman–Crippen LogP) is 5.73. The minimum Gasteiger partial charge on any atom is -0.294 e. The fourth-order valence-corrected chi connectivity index (χ4v) is 4.93. The van der Waals surface area contributed by atoms with E-state index in [1.54, 1.807) is 12.4 Å². The molecule has 0 amide bonds. The van der Waals surface area contributed by atoms with Crippen LogP contribution < -0.4 is 0 Å². The van der Waals surface area contributed by atoms with E-state index in [1.165, 1.54) is 16.7 Å². The van der Waals surface area contributed by atoms with E-state index in [1.807, 2.05) is 18.2 Å². The molecule has 3 aromatic carbocycles. The quantitative estimate of drug-likeness (QED) is 0.299. The third kappa shape index (κ3) is 4.04. The van der Waals surface area contributed by atoms with Crippen LogP contribution in [0.2, 0.25) is 0 Å². The zero-order valence-corrected chi connectivity index (χ0v) is 18.5. The minimum atomic E-state index is -0.515. The SMILES string of the molecule is O=C1CCN(C(c2ccccc2)(c2ccccc2)c2ccccc2)CC1=Cc1cccnc1. The van der Waals surface area contributed by atoms with Gasteiger partial charge in [-0.2, -0.15) is 0 Å². The van der Waals surface area contributed by atoms with Gasteiger partial charge in [-0.3, -0.25) is 14.7 Å². The second-order valence-electron chi connectivity index (χ2n) is 8.36. The molecule has 0 atom stereocenters. The Bertz CT molecular complexity index is 1140. The number of carbonyl (C=O) groups is 1. The Morgan fingerprint density at radius 3 is 1.76 bits per heavy atom. The van der Waals surface area contributed by atoms with Gasteiger partial charge >= 0.3 is 0 Å². The zero-order chi connectivity index (χ0) is 22.5. The monoisotopic (exact) mass is 430 g/mol. The molecule has 4 aromatic rings. The fraction of sp³-hybridized carbons (Fsp3) is 0.133. The molecule has 0 bridgehead atoms. The van der Waals surface area contributed by atoms with Crippen molar-refractivity contribution < 1.29 is 4.79 Å². The molecule has 1 saturated heterocycles. The van der Waals surface area contributed by atoms with Crippen LogP contribution in [0.3, 0.4) is 0 Å². The van der Waals surface area contributed by atoms with E-state index in [0.717, 1.165) is 11.1 Å². The second-order valence-corrected chi connectivity index (χ2v) is 8.36. The van der Waals surface area contributed by atoms with E-state index in [4.69, 9.17) is 0 Å². The first-order valence-electron chi connectivity index (χ1n) is 11.3. The number of rotatable bonds is 5. The molecule has 0 spiro atoms. The van der Waals surface area contributed by atoms with Crippen molar-refractivity contribution >= 4 is 11.9 Å². The van der Waals surface area contributed by atoms with Crippen LogP contribution in [0, 0.1) is 0 Å². The highest BCUT2D eigenvalue weighted by Gasteiger charge is 2.44. The minimum absolute atomic E-state index is 0.207. The van der Waals surface area contributed by atoms with Crippen LogP contribution in [0.25, 0.3) is 6.08 Å². The number of carbonyl (C=O) groups excluding carboxylic acids is 1. The number of aromatic nitrogens is 1. The summed E-state index contributed by atoms with van der Waals surface area (Å²) in [5.74, 6) is 0.207. The molecule has 33 heavy (non-hydrogen) atoms. The van der Waals surface area contributed by atoms with Crippen LogP contribution in [0.1, 0.15) is 28.7 Å². The summed E-state index contributed by atoms with van der Waals surface area (Å²) >= 11 is 0. The Hall–Kier alpha value is -3.82. The number of ketones is 1. The molecule has 1 aliphatic rings. The van der Waals surface area contributed by atoms with Gasteiger partial charge in [-0.25, -0.2) is 0 Å². The van der Waals surface area contributed by atoms with Crippen molar-refractivity contribution in [3.8, 4) is 0 Å². The molecule has 2 heterocycles. The summed E-state index contributed by atoms with van der Waals surface area (Å²) in [6.07, 6.45) is 6.04. The number of benzene rings is 3. The number of nitrogens with zero attached hydrogens (tertiary/aromatic N) is 2. The van der Waals surface area contributed by atoms with Crippen molar-refractivity contribution in [2.24, 2.45) is 0 Å². The maximum Gasteiger partial charge on any atom is 0.161 e. The second kappa shape index (κ2) is 9.35. The van der Waals surface area contributed by atoms with Crippen LogP contribution in [0.4, 0.5) is 0 Å². The zero-order valence-electron chi connectivity index (χ0n) is 18.5. The first-order chi connectivity index (χ1) is 16.3. The molecular weight excluding hydrogens is 404 g/mol. The van der Waals surface area contributed by atoms with Gasteiger partial charge in [0, 0.05) is 37.5 Å². The standard InChI is InChI=1S/C30H26N2O/c33-29-18-20-32(23-25(29)21-24-11-10-19-31-22-24)30(26-12-4-1-5-13-26,27-14-6-2-7-15-27)28-16-8-3-9-17-28/h1-17,19,21-22H,18,20,23H2. The van der Waals surface area contributed by atoms with E-state index in [0.29, 0.717) is 19.5 Å². The van der Waals surface area contributed by atoms with Crippen LogP contribution in [-0.2, 0) is 10.3 Å². The first-order valence-corrected chi connectivity index (χ1v) is 11.3. The van der Waals surface area contributed by atoms with Crippen molar-refractivity contribution in [1.82, 2.24) is 9.88 Å². The Morgan fingerprint density at radius 2 is 1.27 bits per heavy atom. The van der Waals surface area contributed by atoms with Crippen molar-refractivity contribution in [2.45, 2.75) is 12.0 Å². The van der Waals surface area contributed by atoms with Gasteiger partial charge in [-0.05, 0) is 34.4 Å². The molecule has 0 saturated carbocycles. The van der Waals surface area contributed by atoms with Crippen molar-refractivity contribution in [3.63, 3.8) is 0 Å². The van der Waals surface area contributed by atoms with E-state index in [9.17, 15) is 4.79 Å². The summed E-state index contributed by atoms with van der Waals surface area (Å²) in [5, 5.41) is 0. The van der Waals surface area contributed by atoms with Crippen LogP contribution >= 0.6 is 0 Å². The van der Waals surface area contributed by atoms with Gasteiger partial charge in [0.15, 0.2) is 5.78 Å². The molecule has 0 N–H and O–H groups in total. The molecule has 1 aromatic heterocycles. The van der Waals surface area contributed by atoms with Gasteiger partial charge < -0.3 is 0 Å². The molecule has 0 unspecified atom stereocenters. The van der Waals surface area contributed by atoms with E-state index < -0.39 is 5.54 Å². The topological polar surface area (TPSA) is 33.2 Å². The lowest BCUT2D eigenvalue weighted by Gasteiger charge is -2.47. The van der Waals surface area contributed by atoms with Crippen molar-refractivity contribution in [2.75, 3.05) is 13.1 Å². The average molecular weight is 431 g/mol. The first kappa shape index (κ1) is 21.0. The molecule has 162 valence electrons. The molecule has 3 heteroatoms. The Morgan fingerprint density at radius 1 is 0.727 bits per heavy atom. The number of hydrogen-bond donors (Lipinski definition) is 0. The maximum atomic E-state index is 13.0. The van der Waals surface area contributed by atoms with Crippen LogP contribution in [0.15, 0.2) is 121 Å². The van der Waals surface area contributed by atoms with Crippen molar-refractivity contribution in [3.05, 3.63) is 143 Å². The van der Waals surface area contributed by atoms with Gasteiger partial charge in [0.25, 0.3) is 0 Å². The van der Waals surface area contributed by atoms with Crippen molar-refractivity contribution in [1.29, 1.82) is 0 Å². The lowest BCUT2D eigenvalue weighted by Crippen LogP contribution is -2.52. The third-order valence-corrected chi connectivity index (χ3v) is 6.40. The largest absolute Gasteiger partial charge is 0.294 e. The Kier molecular flexibility index (Phi) is 5.97. The molecule has 1 fully saturated rings. The number of likely N-dealkylation sites (tertiary alicyclic amines) is 1.